The van der Waals surface area contributed by atoms with Gasteiger partial charge in [0.2, 0.25) is 0 Å². The molecule has 216 valence electrons. The lowest BCUT2D eigenvalue weighted by atomic mass is 10.1. The molecule has 0 atom stereocenters. The summed E-state index contributed by atoms with van der Waals surface area (Å²) in [4.78, 5) is 0. The second-order valence-corrected chi connectivity index (χ2v) is 10.9. The highest BCUT2D eigenvalue weighted by Crippen LogP contribution is 2.10. The van der Waals surface area contributed by atoms with E-state index in [2.05, 4.69) is 0 Å². The Bertz CT molecular complexity index is 204. The van der Waals surface area contributed by atoms with E-state index in [0.717, 1.165) is 52.9 Å². The predicted molar refractivity (Wildman–Crippen MR) is 154 cm³/mol. The van der Waals surface area contributed by atoms with Gasteiger partial charge in [0.1, 0.15) is 0 Å². The van der Waals surface area contributed by atoms with Crippen LogP contribution in [0.25, 0.3) is 0 Å². The molecular weight excluding hydrogens is 448 g/mol. The molecule has 4 heteroatoms. The predicted octanol–water partition coefficient (Wildman–Crippen LogP) is 9.43. The molecule has 1 heterocycles. The number of hydrogen-bond acceptors (Lipinski definition) is 4. The zero-order valence-corrected chi connectivity index (χ0v) is 24.3. The summed E-state index contributed by atoms with van der Waals surface area (Å²) >= 11 is 0. The minimum atomic E-state index is 0.953. The third-order valence-electron chi connectivity index (χ3n) is 7.31. The summed E-state index contributed by atoms with van der Waals surface area (Å²) in [5, 5.41) is 0. The summed E-state index contributed by atoms with van der Waals surface area (Å²) in [7, 11) is 0. The number of rotatable bonds is 0. The van der Waals surface area contributed by atoms with Crippen LogP contribution in [-0.2, 0) is 18.9 Å². The van der Waals surface area contributed by atoms with Crippen molar-refractivity contribution in [2.45, 2.75) is 154 Å². The Morgan fingerprint density at radius 1 is 0.139 bits per heavy atom. The molecule has 1 aliphatic rings. The van der Waals surface area contributed by atoms with Crippen LogP contribution in [-0.4, -0.2) is 52.9 Å². The molecule has 1 aliphatic heterocycles. The Morgan fingerprint density at radius 2 is 0.250 bits per heavy atom. The van der Waals surface area contributed by atoms with Crippen molar-refractivity contribution in [3.05, 3.63) is 0 Å². The minimum Gasteiger partial charge on any atom is -0.381 e. The molecule has 0 aromatic rings. The maximum atomic E-state index is 5.82. The van der Waals surface area contributed by atoms with Gasteiger partial charge in [-0.05, 0) is 51.4 Å². The van der Waals surface area contributed by atoms with Crippen molar-refractivity contribution in [1.29, 1.82) is 0 Å². The highest BCUT2D eigenvalue weighted by molar-refractivity contribution is 4.50. The first kappa shape index (κ1) is 33.9. The molecule has 0 aromatic heterocycles. The van der Waals surface area contributed by atoms with E-state index >= 15 is 0 Å². The van der Waals surface area contributed by atoms with Crippen molar-refractivity contribution in [2.75, 3.05) is 52.9 Å². The van der Waals surface area contributed by atoms with Crippen molar-refractivity contribution < 1.29 is 18.9 Å². The summed E-state index contributed by atoms with van der Waals surface area (Å²) < 4.78 is 23.3. The molecule has 0 bridgehead atoms. The summed E-state index contributed by atoms with van der Waals surface area (Å²) in [6.07, 6.45) is 31.1. The van der Waals surface area contributed by atoms with Crippen molar-refractivity contribution in [2.24, 2.45) is 0 Å². The third kappa shape index (κ3) is 28.4. The smallest absolute Gasteiger partial charge is 0.0466 e. The quantitative estimate of drug-likeness (QED) is 0.324. The van der Waals surface area contributed by atoms with Crippen LogP contribution in [0.1, 0.15) is 154 Å². The first-order valence-corrected chi connectivity index (χ1v) is 16.3. The van der Waals surface area contributed by atoms with Gasteiger partial charge in [0, 0.05) is 52.9 Å². The molecule has 0 N–H and O–H groups in total. The average molecular weight is 513 g/mol. The lowest BCUT2D eigenvalue weighted by Gasteiger charge is -2.07. The maximum absolute atomic E-state index is 5.82. The SMILES string of the molecule is C1CCCCOCCCCCCCCOCCCCCCCCOCCCCCCCCOCCC1. The van der Waals surface area contributed by atoms with Gasteiger partial charge >= 0.3 is 0 Å². The molecule has 0 aromatic carbocycles. The van der Waals surface area contributed by atoms with Gasteiger partial charge in [0.05, 0.1) is 0 Å². The molecule has 0 radical (unpaired) electrons. The van der Waals surface area contributed by atoms with Crippen molar-refractivity contribution in [3.63, 3.8) is 0 Å². The molecule has 0 spiro atoms. The van der Waals surface area contributed by atoms with Crippen LogP contribution in [0.3, 0.4) is 0 Å². The minimum absolute atomic E-state index is 0.953. The Hall–Kier alpha value is -0.160. The van der Waals surface area contributed by atoms with Gasteiger partial charge in [-0.2, -0.15) is 0 Å². The lowest BCUT2D eigenvalue weighted by Crippen LogP contribution is -1.99. The lowest BCUT2D eigenvalue weighted by molar-refractivity contribution is 0.120. The van der Waals surface area contributed by atoms with E-state index in [-0.39, 0.29) is 0 Å². The topological polar surface area (TPSA) is 36.9 Å². The summed E-state index contributed by atoms with van der Waals surface area (Å²) in [5.74, 6) is 0. The standard InChI is InChI=1S/C32H64O4/c1-2-10-18-26-34-28-20-12-5-6-14-22-30-36-32-24-16-8-7-15-23-31-35-29-21-13-4-3-11-19-27-33-25-17-9-1/h1-32H2. The highest BCUT2D eigenvalue weighted by atomic mass is 16.5. The first-order chi connectivity index (χ1) is 18.0. The zero-order chi connectivity index (χ0) is 25.5. The largest absolute Gasteiger partial charge is 0.381 e. The normalized spacial score (nSPS) is 24.0. The Kier molecular flexibility index (Phi) is 29.2. The molecular formula is C32H64O4. The van der Waals surface area contributed by atoms with E-state index in [1.165, 1.54) is 154 Å². The van der Waals surface area contributed by atoms with E-state index in [1.807, 2.05) is 0 Å². The van der Waals surface area contributed by atoms with E-state index < -0.39 is 0 Å². The fraction of sp³-hybridized carbons (Fsp3) is 1.00. The first-order valence-electron chi connectivity index (χ1n) is 16.3. The van der Waals surface area contributed by atoms with E-state index in [9.17, 15) is 0 Å². The van der Waals surface area contributed by atoms with Gasteiger partial charge in [-0.25, -0.2) is 0 Å². The molecule has 1 rings (SSSR count). The van der Waals surface area contributed by atoms with E-state index in [4.69, 9.17) is 18.9 Å². The molecule has 1 fully saturated rings. The van der Waals surface area contributed by atoms with Crippen molar-refractivity contribution >= 4 is 0 Å². The van der Waals surface area contributed by atoms with Crippen LogP contribution < -0.4 is 0 Å². The fourth-order valence-electron chi connectivity index (χ4n) is 4.87. The average Bonchev–Trinajstić information content (AvgIpc) is 2.89. The summed E-state index contributed by atoms with van der Waals surface area (Å²) in [6, 6.07) is 0. The Balaban J connectivity index is 2.00. The summed E-state index contributed by atoms with van der Waals surface area (Å²) in [6.45, 7) is 7.62. The van der Waals surface area contributed by atoms with Gasteiger partial charge in [0.15, 0.2) is 0 Å². The van der Waals surface area contributed by atoms with Crippen LogP contribution in [0.5, 0.6) is 0 Å². The summed E-state index contributed by atoms with van der Waals surface area (Å²) in [5.41, 5.74) is 0. The van der Waals surface area contributed by atoms with Crippen molar-refractivity contribution in [3.8, 4) is 0 Å². The van der Waals surface area contributed by atoms with Gasteiger partial charge in [-0.3, -0.25) is 0 Å². The fourth-order valence-corrected chi connectivity index (χ4v) is 4.87. The third-order valence-corrected chi connectivity index (χ3v) is 7.31. The Labute approximate surface area is 226 Å². The van der Waals surface area contributed by atoms with Crippen LogP contribution >= 0.6 is 0 Å². The zero-order valence-electron chi connectivity index (χ0n) is 24.3. The highest BCUT2D eigenvalue weighted by Gasteiger charge is 1.98. The molecule has 0 unspecified atom stereocenters. The molecule has 4 nitrogen and oxygen atoms in total. The van der Waals surface area contributed by atoms with Gasteiger partial charge < -0.3 is 18.9 Å². The van der Waals surface area contributed by atoms with Crippen LogP contribution in [0.4, 0.5) is 0 Å². The van der Waals surface area contributed by atoms with E-state index in [1.54, 1.807) is 0 Å². The maximum Gasteiger partial charge on any atom is 0.0466 e. The van der Waals surface area contributed by atoms with Gasteiger partial charge in [0.25, 0.3) is 0 Å². The molecule has 0 amide bonds. The second-order valence-electron chi connectivity index (χ2n) is 10.9. The molecule has 36 heavy (non-hydrogen) atoms. The van der Waals surface area contributed by atoms with Crippen LogP contribution in [0.2, 0.25) is 0 Å². The monoisotopic (exact) mass is 512 g/mol. The Morgan fingerprint density at radius 3 is 0.389 bits per heavy atom. The van der Waals surface area contributed by atoms with Gasteiger partial charge in [-0.15, -0.1) is 0 Å². The van der Waals surface area contributed by atoms with Crippen LogP contribution in [0, 0.1) is 0 Å². The number of hydrogen-bond donors (Lipinski definition) is 0. The molecule has 1 saturated heterocycles. The van der Waals surface area contributed by atoms with Crippen LogP contribution in [0.15, 0.2) is 0 Å². The second kappa shape index (κ2) is 31.1. The molecule has 0 saturated carbocycles. The number of ether oxygens (including phenoxy) is 4. The molecule has 0 aliphatic carbocycles. The van der Waals surface area contributed by atoms with Crippen molar-refractivity contribution in [1.82, 2.24) is 0 Å². The van der Waals surface area contributed by atoms with E-state index in [0.29, 0.717) is 0 Å². The van der Waals surface area contributed by atoms with Gasteiger partial charge in [-0.1, -0.05) is 103 Å².